The number of carbonyl (C=O) groups is 1. The molecule has 2 aromatic rings. The van der Waals surface area contributed by atoms with Gasteiger partial charge in [-0.1, -0.05) is 30.0 Å². The number of thioether (sulfide) groups is 1. The van der Waals surface area contributed by atoms with E-state index in [-0.39, 0.29) is 17.1 Å². The van der Waals surface area contributed by atoms with Crippen LogP contribution in [0, 0.1) is 0 Å². The van der Waals surface area contributed by atoms with Gasteiger partial charge in [-0.05, 0) is 31.4 Å². The second-order valence-corrected chi connectivity index (χ2v) is 6.29. The third-order valence-electron chi connectivity index (χ3n) is 3.49. The monoisotopic (exact) mass is 303 g/mol. The molecular formula is C14H17N5OS. The molecule has 1 atom stereocenters. The zero-order chi connectivity index (χ0) is 14.8. The maximum atomic E-state index is 12.7. The van der Waals surface area contributed by atoms with Gasteiger partial charge in [0.2, 0.25) is 17.0 Å². The maximum absolute atomic E-state index is 12.7. The third-order valence-corrected chi connectivity index (χ3v) is 4.44. The third kappa shape index (κ3) is 2.87. The smallest absolute Gasteiger partial charge is 0.240 e. The number of aryl methyl sites for hydroxylation is 1. The van der Waals surface area contributed by atoms with E-state index in [0.717, 1.165) is 25.1 Å². The number of benzene rings is 1. The first-order chi connectivity index (χ1) is 10.1. The summed E-state index contributed by atoms with van der Waals surface area (Å²) in [6.07, 6.45) is 2.02. The van der Waals surface area contributed by atoms with Gasteiger partial charge in [-0.15, -0.1) is 5.10 Å². The largest absolute Gasteiger partial charge is 0.368 e. The van der Waals surface area contributed by atoms with Crippen LogP contribution in [0.2, 0.25) is 0 Å². The summed E-state index contributed by atoms with van der Waals surface area (Å²) in [7, 11) is 0. The van der Waals surface area contributed by atoms with Crippen molar-refractivity contribution in [1.29, 1.82) is 0 Å². The number of hydrogen-bond acceptors (Lipinski definition) is 5. The van der Waals surface area contributed by atoms with E-state index in [1.165, 1.54) is 17.3 Å². The first-order valence-electron chi connectivity index (χ1n) is 6.89. The molecule has 0 bridgehead atoms. The fourth-order valence-corrected chi connectivity index (χ4v) is 3.30. The van der Waals surface area contributed by atoms with Crippen LogP contribution in [-0.2, 0) is 11.2 Å². The van der Waals surface area contributed by atoms with Crippen molar-refractivity contribution in [1.82, 2.24) is 15.2 Å². The molecule has 6 nitrogen and oxygen atoms in total. The first kappa shape index (κ1) is 13.9. The molecule has 0 aliphatic carbocycles. The Labute approximate surface area is 127 Å². The summed E-state index contributed by atoms with van der Waals surface area (Å²) in [4.78, 5) is 18.6. The van der Waals surface area contributed by atoms with Crippen LogP contribution in [0.15, 0.2) is 29.4 Å². The lowest BCUT2D eigenvalue weighted by molar-refractivity contribution is -0.117. The fourth-order valence-electron chi connectivity index (χ4n) is 2.50. The fraction of sp³-hybridized carbons (Fsp3) is 0.357. The molecule has 7 heteroatoms. The number of nitrogens with one attached hydrogen (secondary N) is 1. The number of fused-ring (bicyclic) bond motifs is 1. The van der Waals surface area contributed by atoms with Gasteiger partial charge in [0.1, 0.15) is 0 Å². The zero-order valence-electron chi connectivity index (χ0n) is 11.7. The Bertz CT molecular complexity index is 656. The molecule has 0 unspecified atom stereocenters. The van der Waals surface area contributed by atoms with E-state index in [0.29, 0.717) is 5.16 Å². The normalized spacial score (nSPS) is 15.6. The van der Waals surface area contributed by atoms with Gasteiger partial charge < -0.3 is 10.6 Å². The number of nitrogens with two attached hydrogens (primary N) is 1. The van der Waals surface area contributed by atoms with Gasteiger partial charge in [-0.3, -0.25) is 4.79 Å². The highest BCUT2D eigenvalue weighted by atomic mass is 32.2. The summed E-state index contributed by atoms with van der Waals surface area (Å²) >= 11 is 1.32. The molecule has 1 aliphatic rings. The van der Waals surface area contributed by atoms with Gasteiger partial charge in [0, 0.05) is 12.2 Å². The Morgan fingerprint density at radius 1 is 1.48 bits per heavy atom. The molecule has 1 aliphatic heterocycles. The second kappa shape index (κ2) is 5.77. The van der Waals surface area contributed by atoms with Crippen LogP contribution in [-0.4, -0.2) is 32.9 Å². The van der Waals surface area contributed by atoms with Crippen molar-refractivity contribution in [3.05, 3.63) is 29.8 Å². The summed E-state index contributed by atoms with van der Waals surface area (Å²) < 4.78 is 0. The molecule has 0 spiro atoms. The lowest BCUT2D eigenvalue weighted by atomic mass is 10.0. The molecule has 21 heavy (non-hydrogen) atoms. The lowest BCUT2D eigenvalue weighted by Crippen LogP contribution is -2.40. The Balaban J connectivity index is 1.76. The van der Waals surface area contributed by atoms with Crippen molar-refractivity contribution in [2.75, 3.05) is 17.2 Å². The van der Waals surface area contributed by atoms with Gasteiger partial charge in [-0.25, -0.2) is 5.10 Å². The van der Waals surface area contributed by atoms with Gasteiger partial charge >= 0.3 is 0 Å². The highest BCUT2D eigenvalue weighted by molar-refractivity contribution is 8.00. The standard InChI is InChI=1S/C14H17N5OS/c1-9(21-14-16-13(15)17-18-14)12(20)19-8-4-6-10-5-2-3-7-11(10)19/h2-3,5,7,9H,4,6,8H2,1H3,(H3,15,16,17,18)/t9-/m1/s1. The van der Waals surface area contributed by atoms with Crippen molar-refractivity contribution in [3.8, 4) is 0 Å². The minimum absolute atomic E-state index is 0.0792. The van der Waals surface area contributed by atoms with E-state index in [1.54, 1.807) is 0 Å². The molecular weight excluding hydrogens is 286 g/mol. The quantitative estimate of drug-likeness (QED) is 0.845. The van der Waals surface area contributed by atoms with Gasteiger partial charge in [0.25, 0.3) is 0 Å². The number of nitrogens with zero attached hydrogens (tertiary/aromatic N) is 3. The number of nitrogen functional groups attached to an aromatic ring is 1. The summed E-state index contributed by atoms with van der Waals surface area (Å²) in [5, 5.41) is 6.78. The Morgan fingerprint density at radius 2 is 2.29 bits per heavy atom. The van der Waals surface area contributed by atoms with Crippen LogP contribution in [0.5, 0.6) is 0 Å². The average Bonchev–Trinajstić information content (AvgIpc) is 2.91. The van der Waals surface area contributed by atoms with Crippen molar-refractivity contribution in [3.63, 3.8) is 0 Å². The van der Waals surface area contributed by atoms with E-state index in [2.05, 4.69) is 21.2 Å². The highest BCUT2D eigenvalue weighted by Crippen LogP contribution is 2.30. The molecule has 3 N–H and O–H groups in total. The lowest BCUT2D eigenvalue weighted by Gasteiger charge is -2.31. The number of rotatable bonds is 3. The average molecular weight is 303 g/mol. The van der Waals surface area contributed by atoms with Crippen LogP contribution in [0.1, 0.15) is 18.9 Å². The zero-order valence-corrected chi connectivity index (χ0v) is 12.6. The summed E-state index contributed by atoms with van der Waals surface area (Å²) in [6, 6.07) is 8.08. The summed E-state index contributed by atoms with van der Waals surface area (Å²) in [6.45, 7) is 2.63. The predicted molar refractivity (Wildman–Crippen MR) is 83.2 cm³/mol. The molecule has 2 heterocycles. The Morgan fingerprint density at radius 3 is 3.05 bits per heavy atom. The van der Waals surface area contributed by atoms with Crippen molar-refractivity contribution < 1.29 is 4.79 Å². The van der Waals surface area contributed by atoms with Crippen LogP contribution in [0.4, 0.5) is 11.6 Å². The van der Waals surface area contributed by atoms with Gasteiger partial charge in [-0.2, -0.15) is 4.98 Å². The topological polar surface area (TPSA) is 87.9 Å². The van der Waals surface area contributed by atoms with Gasteiger partial charge in [0.05, 0.1) is 5.25 Å². The van der Waals surface area contributed by atoms with Crippen LogP contribution in [0.25, 0.3) is 0 Å². The number of H-pyrrole nitrogens is 1. The molecule has 0 saturated heterocycles. The number of hydrogen-bond donors (Lipinski definition) is 2. The van der Waals surface area contributed by atoms with E-state index in [1.807, 2.05) is 30.0 Å². The second-order valence-electron chi connectivity index (χ2n) is 4.99. The first-order valence-corrected chi connectivity index (χ1v) is 7.77. The Hall–Kier alpha value is -2.02. The number of carbonyl (C=O) groups excluding carboxylic acids is 1. The van der Waals surface area contributed by atoms with Crippen molar-refractivity contribution in [2.24, 2.45) is 0 Å². The predicted octanol–water partition coefficient (Wildman–Crippen LogP) is 1.85. The minimum Gasteiger partial charge on any atom is -0.368 e. The molecule has 0 radical (unpaired) electrons. The highest BCUT2D eigenvalue weighted by Gasteiger charge is 2.27. The molecule has 0 fully saturated rings. The van der Waals surface area contributed by atoms with Crippen molar-refractivity contribution >= 4 is 29.3 Å². The number of anilines is 2. The SMILES string of the molecule is C[C@@H](Sc1n[nH]c(N)n1)C(=O)N1CCCc2ccccc21. The minimum atomic E-state index is -0.258. The van der Waals surface area contributed by atoms with Crippen molar-refractivity contribution in [2.45, 2.75) is 30.2 Å². The Kier molecular flexibility index (Phi) is 3.83. The molecule has 3 rings (SSSR count). The van der Waals surface area contributed by atoms with Crippen LogP contribution < -0.4 is 10.6 Å². The molecule has 0 saturated carbocycles. The van der Waals surface area contributed by atoms with Crippen LogP contribution in [0.3, 0.4) is 0 Å². The van der Waals surface area contributed by atoms with E-state index in [4.69, 9.17) is 5.73 Å². The maximum Gasteiger partial charge on any atom is 0.240 e. The molecule has 110 valence electrons. The van der Waals surface area contributed by atoms with E-state index < -0.39 is 0 Å². The van der Waals surface area contributed by atoms with E-state index >= 15 is 0 Å². The number of aromatic amines is 1. The number of para-hydroxylation sites is 1. The number of aromatic nitrogens is 3. The van der Waals surface area contributed by atoms with E-state index in [9.17, 15) is 4.79 Å². The van der Waals surface area contributed by atoms with Crippen LogP contribution >= 0.6 is 11.8 Å². The summed E-state index contributed by atoms with van der Waals surface area (Å²) in [5.41, 5.74) is 7.76. The summed E-state index contributed by atoms with van der Waals surface area (Å²) in [5.74, 6) is 0.344. The molecule has 1 aromatic heterocycles. The molecule has 1 amide bonds. The van der Waals surface area contributed by atoms with Gasteiger partial charge in [0.15, 0.2) is 0 Å². The number of amides is 1. The molecule has 1 aromatic carbocycles.